The summed E-state index contributed by atoms with van der Waals surface area (Å²) in [7, 11) is 0. The molecule has 1 atom stereocenters. The highest BCUT2D eigenvalue weighted by Crippen LogP contribution is 2.41. The molecule has 1 aliphatic carbocycles. The van der Waals surface area contributed by atoms with Crippen molar-refractivity contribution >= 4 is 22.6 Å². The molecule has 1 unspecified atom stereocenters. The van der Waals surface area contributed by atoms with Gasteiger partial charge in [0.1, 0.15) is 0 Å². The Kier molecular flexibility index (Phi) is 3.14. The van der Waals surface area contributed by atoms with E-state index in [9.17, 15) is 0 Å². The molecular weight excluding hydrogens is 285 g/mol. The maximum absolute atomic E-state index is 3.93. The number of hydrogen-bond donors (Lipinski definition) is 1. The first kappa shape index (κ1) is 11.2. The van der Waals surface area contributed by atoms with E-state index in [-0.39, 0.29) is 0 Å². The van der Waals surface area contributed by atoms with Gasteiger partial charge in [0.25, 0.3) is 0 Å². The van der Waals surface area contributed by atoms with Gasteiger partial charge in [-0.3, -0.25) is 0 Å². The molecule has 1 spiro atoms. The Labute approximate surface area is 102 Å². The number of piperidine rings is 1. The van der Waals surface area contributed by atoms with Gasteiger partial charge >= 0.3 is 0 Å². The largest absolute Gasteiger partial charge is 0.306 e. The molecule has 82 valence electrons. The van der Waals surface area contributed by atoms with Crippen LogP contribution in [0.5, 0.6) is 0 Å². The Morgan fingerprint density at radius 1 is 1.07 bits per heavy atom. The van der Waals surface area contributed by atoms with Crippen LogP contribution in [0.1, 0.15) is 58.8 Å². The third kappa shape index (κ3) is 2.43. The van der Waals surface area contributed by atoms with Crippen LogP contribution in [0.25, 0.3) is 0 Å². The van der Waals surface area contributed by atoms with Crippen LogP contribution < -0.4 is 5.32 Å². The molecule has 2 rings (SSSR count). The summed E-state index contributed by atoms with van der Waals surface area (Å²) in [5.74, 6) is 0. The molecule has 1 nitrogen and oxygen atoms in total. The van der Waals surface area contributed by atoms with Gasteiger partial charge in [0, 0.05) is 15.0 Å². The van der Waals surface area contributed by atoms with E-state index < -0.39 is 0 Å². The topological polar surface area (TPSA) is 12.0 Å². The summed E-state index contributed by atoms with van der Waals surface area (Å²) in [4.78, 5) is 0. The predicted molar refractivity (Wildman–Crippen MR) is 70.1 cm³/mol. The molecule has 0 amide bonds. The van der Waals surface area contributed by atoms with Crippen molar-refractivity contribution in [2.45, 2.75) is 73.8 Å². The average molecular weight is 307 g/mol. The van der Waals surface area contributed by atoms with Gasteiger partial charge in [0.05, 0.1) is 0 Å². The molecule has 2 heteroatoms. The molecular formula is C12H22IN. The Balaban J connectivity index is 2.10. The van der Waals surface area contributed by atoms with Crippen LogP contribution in [-0.2, 0) is 0 Å². The molecule has 0 aromatic rings. The zero-order valence-corrected chi connectivity index (χ0v) is 11.6. The van der Waals surface area contributed by atoms with Crippen LogP contribution in [0.15, 0.2) is 0 Å². The second-order valence-corrected chi connectivity index (χ2v) is 7.62. The van der Waals surface area contributed by atoms with E-state index in [0.717, 1.165) is 3.92 Å². The van der Waals surface area contributed by atoms with Crippen molar-refractivity contribution in [3.05, 3.63) is 0 Å². The third-order valence-corrected chi connectivity index (χ3v) is 4.64. The lowest BCUT2D eigenvalue weighted by molar-refractivity contribution is 0.119. The predicted octanol–water partition coefficient (Wildman–Crippen LogP) is 3.65. The van der Waals surface area contributed by atoms with E-state index in [1.165, 1.54) is 44.9 Å². The second-order valence-electron chi connectivity index (χ2n) is 5.86. The third-order valence-electron chi connectivity index (χ3n) is 3.76. The van der Waals surface area contributed by atoms with Crippen molar-refractivity contribution in [2.75, 3.05) is 0 Å². The maximum atomic E-state index is 3.93. The fourth-order valence-corrected chi connectivity index (χ4v) is 5.37. The quantitative estimate of drug-likeness (QED) is 0.532. The maximum Gasteiger partial charge on any atom is 0.0196 e. The van der Waals surface area contributed by atoms with Gasteiger partial charge in [0.2, 0.25) is 0 Å². The lowest BCUT2D eigenvalue weighted by atomic mass is 9.72. The highest BCUT2D eigenvalue weighted by atomic mass is 127. The van der Waals surface area contributed by atoms with Crippen molar-refractivity contribution < 1.29 is 0 Å². The number of rotatable bonds is 0. The molecule has 2 fully saturated rings. The van der Waals surface area contributed by atoms with Gasteiger partial charge in [-0.25, -0.2) is 0 Å². The van der Waals surface area contributed by atoms with Gasteiger partial charge < -0.3 is 5.32 Å². The first-order valence-corrected chi connectivity index (χ1v) is 7.19. The van der Waals surface area contributed by atoms with Crippen molar-refractivity contribution in [3.8, 4) is 0 Å². The van der Waals surface area contributed by atoms with Gasteiger partial charge in [-0.2, -0.15) is 0 Å². The molecule has 1 N–H and O–H groups in total. The number of alkyl halides is 1. The van der Waals surface area contributed by atoms with Crippen LogP contribution in [0.3, 0.4) is 0 Å². The number of hydrogen-bond acceptors (Lipinski definition) is 1. The van der Waals surface area contributed by atoms with Crippen LogP contribution in [0.2, 0.25) is 0 Å². The Bertz CT molecular complexity index is 206. The number of halogens is 1. The molecule has 0 radical (unpaired) electrons. The minimum atomic E-state index is 0.363. The highest BCUT2D eigenvalue weighted by molar-refractivity contribution is 14.1. The zero-order chi connectivity index (χ0) is 10.2. The lowest BCUT2D eigenvalue weighted by Gasteiger charge is -2.50. The first-order chi connectivity index (χ1) is 6.52. The van der Waals surface area contributed by atoms with E-state index in [1.807, 2.05) is 0 Å². The van der Waals surface area contributed by atoms with Crippen molar-refractivity contribution in [1.29, 1.82) is 0 Å². The summed E-state index contributed by atoms with van der Waals surface area (Å²) in [6.07, 6.45) is 9.88. The standard InChI is InChI=1S/C12H22IN/c1-11(2)8-10(13)9-12(14-11)6-4-3-5-7-12/h10,14H,3-9H2,1-2H3. The average Bonchev–Trinajstić information content (AvgIpc) is 2.00. The van der Waals surface area contributed by atoms with Crippen molar-refractivity contribution in [1.82, 2.24) is 5.32 Å². The van der Waals surface area contributed by atoms with E-state index in [2.05, 4.69) is 41.8 Å². The van der Waals surface area contributed by atoms with Gasteiger partial charge in [-0.05, 0) is 39.5 Å². The van der Waals surface area contributed by atoms with Crippen LogP contribution >= 0.6 is 22.6 Å². The van der Waals surface area contributed by atoms with E-state index in [4.69, 9.17) is 0 Å². The van der Waals surface area contributed by atoms with Gasteiger partial charge in [0.15, 0.2) is 0 Å². The number of nitrogens with one attached hydrogen (secondary N) is 1. The first-order valence-electron chi connectivity index (χ1n) is 5.95. The normalized spacial score (nSPS) is 35.8. The molecule has 14 heavy (non-hydrogen) atoms. The summed E-state index contributed by atoms with van der Waals surface area (Å²) in [5, 5.41) is 3.93. The van der Waals surface area contributed by atoms with E-state index in [0.29, 0.717) is 11.1 Å². The Hall–Kier alpha value is 0.690. The Morgan fingerprint density at radius 2 is 1.71 bits per heavy atom. The fraction of sp³-hybridized carbons (Fsp3) is 1.00. The molecule has 1 aliphatic heterocycles. The second kappa shape index (κ2) is 3.93. The SMILES string of the molecule is CC1(C)CC(I)CC2(CCCCC2)N1. The van der Waals surface area contributed by atoms with Crippen LogP contribution in [-0.4, -0.2) is 15.0 Å². The summed E-state index contributed by atoms with van der Waals surface area (Å²) in [5.41, 5.74) is 0.868. The molecule has 2 aliphatic rings. The molecule has 1 saturated heterocycles. The van der Waals surface area contributed by atoms with Crippen molar-refractivity contribution in [2.24, 2.45) is 0 Å². The molecule has 0 bridgehead atoms. The zero-order valence-electron chi connectivity index (χ0n) is 9.41. The minimum Gasteiger partial charge on any atom is -0.306 e. The Morgan fingerprint density at radius 3 is 2.29 bits per heavy atom. The molecule has 1 heterocycles. The smallest absolute Gasteiger partial charge is 0.0196 e. The fourth-order valence-electron chi connectivity index (χ4n) is 3.43. The van der Waals surface area contributed by atoms with Crippen LogP contribution in [0, 0.1) is 0 Å². The lowest BCUT2D eigenvalue weighted by Crippen LogP contribution is -2.61. The van der Waals surface area contributed by atoms with E-state index >= 15 is 0 Å². The van der Waals surface area contributed by atoms with Gasteiger partial charge in [-0.15, -0.1) is 0 Å². The molecule has 0 aromatic carbocycles. The summed E-state index contributed by atoms with van der Waals surface area (Å²) < 4.78 is 0.877. The van der Waals surface area contributed by atoms with Crippen molar-refractivity contribution in [3.63, 3.8) is 0 Å². The highest BCUT2D eigenvalue weighted by Gasteiger charge is 2.42. The minimum absolute atomic E-state index is 0.363. The summed E-state index contributed by atoms with van der Waals surface area (Å²) in [6, 6.07) is 0. The molecule has 1 saturated carbocycles. The monoisotopic (exact) mass is 307 g/mol. The van der Waals surface area contributed by atoms with Crippen LogP contribution in [0.4, 0.5) is 0 Å². The molecule has 0 aromatic heterocycles. The summed E-state index contributed by atoms with van der Waals surface area (Å²) >= 11 is 2.65. The van der Waals surface area contributed by atoms with Gasteiger partial charge in [-0.1, -0.05) is 41.9 Å². The van der Waals surface area contributed by atoms with E-state index in [1.54, 1.807) is 0 Å². The summed E-state index contributed by atoms with van der Waals surface area (Å²) in [6.45, 7) is 4.74.